The first-order valence-electron chi connectivity index (χ1n) is 6.39. The fourth-order valence-electron chi connectivity index (χ4n) is 1.78. The van der Waals surface area contributed by atoms with E-state index in [1.54, 1.807) is 0 Å². The van der Waals surface area contributed by atoms with Gasteiger partial charge in [0.1, 0.15) is 6.54 Å². The van der Waals surface area contributed by atoms with Crippen LogP contribution in [0.3, 0.4) is 0 Å². The molecule has 0 spiro atoms. The Morgan fingerprint density at radius 2 is 1.82 bits per heavy atom. The molecule has 0 aliphatic heterocycles. The van der Waals surface area contributed by atoms with Crippen molar-refractivity contribution in [1.29, 1.82) is 0 Å². The van der Waals surface area contributed by atoms with Crippen LogP contribution in [-0.2, 0) is 9.59 Å². The molecular weight excluding hydrogens is 218 g/mol. The number of nitrogens with zero attached hydrogens (tertiary/aromatic N) is 1. The highest BCUT2D eigenvalue weighted by Crippen LogP contribution is 2.12. The highest BCUT2D eigenvalue weighted by Gasteiger charge is 2.22. The monoisotopic (exact) mass is 243 g/mol. The lowest BCUT2D eigenvalue weighted by molar-refractivity contribution is -0.146. The third-order valence-corrected chi connectivity index (χ3v) is 2.64. The molecule has 1 N–H and O–H groups in total. The predicted molar refractivity (Wildman–Crippen MR) is 67.7 cm³/mol. The third kappa shape index (κ3) is 6.97. The molecular formula is C13H25NO3. The standard InChI is InChI=1S/C13H25NO3/c1-5-6-7-11(4)13(17)14(8-10(2)3)9-12(15)16/h10-11H,5-9H2,1-4H3,(H,15,16). The van der Waals surface area contributed by atoms with Gasteiger partial charge in [-0.25, -0.2) is 0 Å². The molecule has 1 amide bonds. The van der Waals surface area contributed by atoms with Crippen LogP contribution in [0.15, 0.2) is 0 Å². The van der Waals surface area contributed by atoms with Crippen LogP contribution in [0.4, 0.5) is 0 Å². The summed E-state index contributed by atoms with van der Waals surface area (Å²) in [5.41, 5.74) is 0. The van der Waals surface area contributed by atoms with E-state index in [0.29, 0.717) is 6.54 Å². The normalized spacial score (nSPS) is 12.5. The van der Waals surface area contributed by atoms with Crippen LogP contribution in [0.2, 0.25) is 0 Å². The number of unbranched alkanes of at least 4 members (excludes halogenated alkanes) is 1. The lowest BCUT2D eigenvalue weighted by Gasteiger charge is -2.25. The van der Waals surface area contributed by atoms with Gasteiger partial charge in [0.05, 0.1) is 0 Å². The summed E-state index contributed by atoms with van der Waals surface area (Å²) in [6.45, 7) is 8.26. The van der Waals surface area contributed by atoms with Gasteiger partial charge in [-0.1, -0.05) is 40.5 Å². The average Bonchev–Trinajstić information content (AvgIpc) is 2.22. The topological polar surface area (TPSA) is 57.6 Å². The molecule has 0 aromatic carbocycles. The van der Waals surface area contributed by atoms with E-state index in [4.69, 9.17) is 5.11 Å². The quantitative estimate of drug-likeness (QED) is 0.712. The van der Waals surface area contributed by atoms with Crippen LogP contribution in [0.5, 0.6) is 0 Å². The number of carboxylic acids is 1. The number of hydrogen-bond acceptors (Lipinski definition) is 2. The Hall–Kier alpha value is -1.06. The van der Waals surface area contributed by atoms with E-state index in [1.807, 2.05) is 20.8 Å². The second kappa shape index (κ2) is 8.09. The van der Waals surface area contributed by atoms with Gasteiger partial charge < -0.3 is 10.0 Å². The molecule has 0 radical (unpaired) electrons. The third-order valence-electron chi connectivity index (χ3n) is 2.64. The molecule has 0 fully saturated rings. The lowest BCUT2D eigenvalue weighted by Crippen LogP contribution is -2.41. The van der Waals surface area contributed by atoms with E-state index in [-0.39, 0.29) is 24.3 Å². The molecule has 17 heavy (non-hydrogen) atoms. The van der Waals surface area contributed by atoms with Gasteiger partial charge >= 0.3 is 5.97 Å². The summed E-state index contributed by atoms with van der Waals surface area (Å²) in [5.74, 6) is -0.763. The summed E-state index contributed by atoms with van der Waals surface area (Å²) in [5, 5.41) is 8.81. The first-order valence-corrected chi connectivity index (χ1v) is 6.39. The number of aliphatic carboxylic acids is 1. The molecule has 0 aliphatic carbocycles. The minimum absolute atomic E-state index is 0.0328. The highest BCUT2D eigenvalue weighted by atomic mass is 16.4. The Bertz CT molecular complexity index is 251. The summed E-state index contributed by atoms with van der Waals surface area (Å²) < 4.78 is 0. The Kier molecular flexibility index (Phi) is 7.59. The number of carbonyl (C=O) groups excluding carboxylic acids is 1. The molecule has 4 heteroatoms. The number of hydrogen-bond donors (Lipinski definition) is 1. The highest BCUT2D eigenvalue weighted by molar-refractivity contribution is 5.82. The molecule has 1 unspecified atom stereocenters. The molecule has 0 aromatic heterocycles. The van der Waals surface area contributed by atoms with Crippen molar-refractivity contribution in [2.45, 2.75) is 47.0 Å². The van der Waals surface area contributed by atoms with Crippen molar-refractivity contribution in [3.05, 3.63) is 0 Å². The summed E-state index contributed by atoms with van der Waals surface area (Å²) in [4.78, 5) is 24.3. The van der Waals surface area contributed by atoms with Gasteiger partial charge in [0.15, 0.2) is 0 Å². The van der Waals surface area contributed by atoms with Gasteiger partial charge in [-0.3, -0.25) is 9.59 Å². The molecule has 0 aliphatic rings. The maximum atomic E-state index is 12.1. The van der Waals surface area contributed by atoms with Crippen LogP contribution in [0, 0.1) is 11.8 Å². The maximum absolute atomic E-state index is 12.1. The van der Waals surface area contributed by atoms with Gasteiger partial charge in [0.25, 0.3) is 0 Å². The van der Waals surface area contributed by atoms with E-state index in [1.165, 1.54) is 4.90 Å². The van der Waals surface area contributed by atoms with Crippen LogP contribution in [0.25, 0.3) is 0 Å². The molecule has 0 saturated heterocycles. The summed E-state index contributed by atoms with van der Waals surface area (Å²) >= 11 is 0. The van der Waals surface area contributed by atoms with Crippen molar-refractivity contribution in [2.75, 3.05) is 13.1 Å². The number of carbonyl (C=O) groups is 2. The first kappa shape index (κ1) is 15.9. The van der Waals surface area contributed by atoms with Crippen LogP contribution in [0.1, 0.15) is 47.0 Å². The molecule has 0 bridgehead atoms. The number of amides is 1. The zero-order valence-corrected chi connectivity index (χ0v) is 11.4. The second-order valence-corrected chi connectivity index (χ2v) is 5.05. The van der Waals surface area contributed by atoms with Gasteiger partial charge in [-0.05, 0) is 12.3 Å². The van der Waals surface area contributed by atoms with E-state index >= 15 is 0 Å². The van der Waals surface area contributed by atoms with Crippen molar-refractivity contribution in [1.82, 2.24) is 4.90 Å². The van der Waals surface area contributed by atoms with E-state index in [2.05, 4.69) is 6.92 Å². The zero-order chi connectivity index (χ0) is 13.4. The van der Waals surface area contributed by atoms with Gasteiger partial charge in [-0.15, -0.1) is 0 Å². The predicted octanol–water partition coefficient (Wildman–Crippen LogP) is 2.38. The molecule has 0 rings (SSSR count). The van der Waals surface area contributed by atoms with Gasteiger partial charge in [0.2, 0.25) is 5.91 Å². The van der Waals surface area contributed by atoms with E-state index < -0.39 is 5.97 Å². The molecule has 4 nitrogen and oxygen atoms in total. The molecule has 0 saturated carbocycles. The Morgan fingerprint density at radius 3 is 2.24 bits per heavy atom. The van der Waals surface area contributed by atoms with Crippen molar-refractivity contribution >= 4 is 11.9 Å². The minimum Gasteiger partial charge on any atom is -0.480 e. The minimum atomic E-state index is -0.943. The largest absolute Gasteiger partial charge is 0.480 e. The van der Waals surface area contributed by atoms with Gasteiger partial charge in [0, 0.05) is 12.5 Å². The van der Waals surface area contributed by atoms with Crippen LogP contribution >= 0.6 is 0 Å². The Balaban J connectivity index is 4.44. The summed E-state index contributed by atoms with van der Waals surface area (Å²) in [6, 6.07) is 0. The maximum Gasteiger partial charge on any atom is 0.323 e. The summed E-state index contributed by atoms with van der Waals surface area (Å²) in [7, 11) is 0. The Morgan fingerprint density at radius 1 is 1.24 bits per heavy atom. The van der Waals surface area contributed by atoms with E-state index in [0.717, 1.165) is 19.3 Å². The molecule has 0 heterocycles. The van der Waals surface area contributed by atoms with Crippen molar-refractivity contribution < 1.29 is 14.7 Å². The SMILES string of the molecule is CCCCC(C)C(=O)N(CC(=O)O)CC(C)C. The smallest absolute Gasteiger partial charge is 0.323 e. The number of carboxylic acid groups (broad SMARTS) is 1. The number of rotatable bonds is 8. The van der Waals surface area contributed by atoms with Gasteiger partial charge in [-0.2, -0.15) is 0 Å². The lowest BCUT2D eigenvalue weighted by atomic mass is 10.0. The van der Waals surface area contributed by atoms with E-state index in [9.17, 15) is 9.59 Å². The zero-order valence-electron chi connectivity index (χ0n) is 11.4. The second-order valence-electron chi connectivity index (χ2n) is 5.05. The van der Waals surface area contributed by atoms with Crippen LogP contribution < -0.4 is 0 Å². The fourth-order valence-corrected chi connectivity index (χ4v) is 1.78. The fraction of sp³-hybridized carbons (Fsp3) is 0.846. The van der Waals surface area contributed by atoms with Crippen molar-refractivity contribution in [3.8, 4) is 0 Å². The van der Waals surface area contributed by atoms with Crippen molar-refractivity contribution in [2.24, 2.45) is 11.8 Å². The molecule has 100 valence electrons. The first-order chi connectivity index (χ1) is 7.88. The van der Waals surface area contributed by atoms with Crippen LogP contribution in [-0.4, -0.2) is 35.0 Å². The summed E-state index contributed by atoms with van der Waals surface area (Å²) in [6.07, 6.45) is 2.90. The molecule has 1 atom stereocenters. The Labute approximate surface area is 104 Å². The van der Waals surface area contributed by atoms with Crippen molar-refractivity contribution in [3.63, 3.8) is 0 Å². The average molecular weight is 243 g/mol. The molecule has 0 aromatic rings.